The van der Waals surface area contributed by atoms with Gasteiger partial charge >= 0.3 is 6.18 Å². The van der Waals surface area contributed by atoms with Crippen LogP contribution in [0.4, 0.5) is 18.9 Å². The van der Waals surface area contributed by atoms with Gasteiger partial charge in [0, 0.05) is 18.7 Å². The number of amides is 2. The van der Waals surface area contributed by atoms with Gasteiger partial charge in [-0.2, -0.15) is 13.2 Å². The smallest absolute Gasteiger partial charge is 0.330 e. The van der Waals surface area contributed by atoms with E-state index in [2.05, 4.69) is 5.32 Å². The molecule has 24 heavy (non-hydrogen) atoms. The van der Waals surface area contributed by atoms with Crippen molar-refractivity contribution in [2.45, 2.75) is 45.8 Å². The van der Waals surface area contributed by atoms with Gasteiger partial charge in [-0.1, -0.05) is 19.9 Å². The Bertz CT molecular complexity index is 641. The minimum atomic E-state index is -4.48. The first-order chi connectivity index (χ1) is 11.1. The Morgan fingerprint density at radius 1 is 1.29 bits per heavy atom. The van der Waals surface area contributed by atoms with Crippen LogP contribution in [0.25, 0.3) is 0 Å². The number of anilines is 1. The SMILES string of the molecule is Cc1ccc(NC(=O)[C@H](C(C)C)N2CCCC2=O)cc1C(F)(F)F. The van der Waals surface area contributed by atoms with Gasteiger partial charge in [-0.05, 0) is 37.0 Å². The molecule has 2 amide bonds. The highest BCUT2D eigenvalue weighted by molar-refractivity contribution is 5.97. The van der Waals surface area contributed by atoms with Crippen molar-refractivity contribution in [1.82, 2.24) is 4.90 Å². The summed E-state index contributed by atoms with van der Waals surface area (Å²) in [7, 11) is 0. The fourth-order valence-corrected chi connectivity index (χ4v) is 2.99. The maximum atomic E-state index is 13.0. The number of alkyl halides is 3. The first-order valence-electron chi connectivity index (χ1n) is 7.89. The molecule has 0 unspecified atom stereocenters. The van der Waals surface area contributed by atoms with Crippen molar-refractivity contribution in [2.75, 3.05) is 11.9 Å². The summed E-state index contributed by atoms with van der Waals surface area (Å²) >= 11 is 0. The predicted molar refractivity (Wildman–Crippen MR) is 84.4 cm³/mol. The first-order valence-corrected chi connectivity index (χ1v) is 7.89. The zero-order valence-electron chi connectivity index (χ0n) is 13.9. The molecule has 0 bridgehead atoms. The Hall–Kier alpha value is -2.05. The maximum Gasteiger partial charge on any atom is 0.416 e. The van der Waals surface area contributed by atoms with Crippen molar-refractivity contribution in [3.8, 4) is 0 Å². The molecule has 1 aliphatic rings. The van der Waals surface area contributed by atoms with Crippen LogP contribution in [0.5, 0.6) is 0 Å². The van der Waals surface area contributed by atoms with E-state index in [1.54, 1.807) is 0 Å². The van der Waals surface area contributed by atoms with Gasteiger partial charge in [0.2, 0.25) is 11.8 Å². The number of hydrogen-bond acceptors (Lipinski definition) is 2. The average molecular weight is 342 g/mol. The van der Waals surface area contributed by atoms with Crippen molar-refractivity contribution in [2.24, 2.45) is 5.92 Å². The molecule has 1 atom stereocenters. The number of carbonyl (C=O) groups is 2. The summed E-state index contributed by atoms with van der Waals surface area (Å²) in [5, 5.41) is 2.53. The Morgan fingerprint density at radius 3 is 2.46 bits per heavy atom. The second-order valence-electron chi connectivity index (χ2n) is 6.40. The minimum Gasteiger partial charge on any atom is -0.330 e. The summed E-state index contributed by atoms with van der Waals surface area (Å²) < 4.78 is 39.0. The number of benzene rings is 1. The van der Waals surface area contributed by atoms with Crippen LogP contribution in [0.3, 0.4) is 0 Å². The van der Waals surface area contributed by atoms with Gasteiger partial charge in [0.15, 0.2) is 0 Å². The predicted octanol–water partition coefficient (Wildman–Crippen LogP) is 3.60. The van der Waals surface area contributed by atoms with E-state index in [0.29, 0.717) is 19.4 Å². The normalized spacial score (nSPS) is 16.6. The van der Waals surface area contributed by atoms with Crippen LogP contribution in [0.1, 0.15) is 37.8 Å². The minimum absolute atomic E-state index is 0.0789. The topological polar surface area (TPSA) is 49.4 Å². The van der Waals surface area contributed by atoms with Gasteiger partial charge in [0.25, 0.3) is 0 Å². The van der Waals surface area contributed by atoms with Gasteiger partial charge in [-0.25, -0.2) is 0 Å². The highest BCUT2D eigenvalue weighted by atomic mass is 19.4. The molecule has 0 aromatic heterocycles. The van der Waals surface area contributed by atoms with Crippen LogP contribution in [-0.4, -0.2) is 29.3 Å². The molecule has 1 aliphatic heterocycles. The fraction of sp³-hybridized carbons (Fsp3) is 0.529. The lowest BCUT2D eigenvalue weighted by atomic mass is 10.0. The van der Waals surface area contributed by atoms with Crippen LogP contribution >= 0.6 is 0 Å². The first kappa shape index (κ1) is 18.3. The molecule has 0 aliphatic carbocycles. The number of aryl methyl sites for hydroxylation is 1. The second kappa shape index (κ2) is 6.83. The molecule has 0 spiro atoms. The molecule has 7 heteroatoms. The highest BCUT2D eigenvalue weighted by Gasteiger charge is 2.36. The molecular weight excluding hydrogens is 321 g/mol. The zero-order chi connectivity index (χ0) is 18.1. The number of likely N-dealkylation sites (tertiary alicyclic amines) is 1. The van der Waals surface area contributed by atoms with Crippen molar-refractivity contribution in [3.63, 3.8) is 0 Å². The quantitative estimate of drug-likeness (QED) is 0.909. The number of carbonyl (C=O) groups excluding carboxylic acids is 2. The fourth-order valence-electron chi connectivity index (χ4n) is 2.99. The van der Waals surface area contributed by atoms with E-state index in [-0.39, 0.29) is 23.1 Å². The number of nitrogens with one attached hydrogen (secondary N) is 1. The van der Waals surface area contributed by atoms with E-state index in [1.165, 1.54) is 24.0 Å². The Balaban J connectivity index is 2.23. The van der Waals surface area contributed by atoms with Crippen LogP contribution in [0.2, 0.25) is 0 Å². The van der Waals surface area contributed by atoms with E-state index in [4.69, 9.17) is 0 Å². The van der Waals surface area contributed by atoms with E-state index < -0.39 is 23.7 Å². The van der Waals surface area contributed by atoms with Gasteiger partial charge in [0.05, 0.1) is 5.56 Å². The molecule has 1 heterocycles. The summed E-state index contributed by atoms with van der Waals surface area (Å²) in [4.78, 5) is 26.0. The summed E-state index contributed by atoms with van der Waals surface area (Å²) in [6.07, 6.45) is -3.38. The van der Waals surface area contributed by atoms with Gasteiger partial charge in [0.1, 0.15) is 6.04 Å². The summed E-state index contributed by atoms with van der Waals surface area (Å²) in [5.74, 6) is -0.694. The monoisotopic (exact) mass is 342 g/mol. The van der Waals surface area contributed by atoms with Crippen LogP contribution in [0.15, 0.2) is 18.2 Å². The number of rotatable bonds is 4. The number of hydrogen-bond donors (Lipinski definition) is 1. The molecule has 1 N–H and O–H groups in total. The lowest BCUT2D eigenvalue weighted by Gasteiger charge is -2.30. The lowest BCUT2D eigenvalue weighted by molar-refractivity contribution is -0.138. The zero-order valence-corrected chi connectivity index (χ0v) is 13.9. The van der Waals surface area contributed by atoms with Crippen molar-refractivity contribution >= 4 is 17.5 Å². The molecule has 1 aromatic rings. The third-order valence-corrected chi connectivity index (χ3v) is 4.16. The molecule has 1 aromatic carbocycles. The molecular formula is C17H21F3N2O2. The van der Waals surface area contributed by atoms with E-state index in [9.17, 15) is 22.8 Å². The molecule has 0 radical (unpaired) electrons. The van der Waals surface area contributed by atoms with Gasteiger partial charge in [-0.15, -0.1) is 0 Å². The summed E-state index contributed by atoms with van der Waals surface area (Å²) in [5.41, 5.74) is -0.607. The summed E-state index contributed by atoms with van der Waals surface area (Å²) in [6, 6.07) is 3.00. The highest BCUT2D eigenvalue weighted by Crippen LogP contribution is 2.33. The molecule has 2 rings (SSSR count). The Kier molecular flexibility index (Phi) is 5.20. The number of nitrogens with zero attached hydrogens (tertiary/aromatic N) is 1. The average Bonchev–Trinajstić information content (AvgIpc) is 2.86. The van der Waals surface area contributed by atoms with E-state index >= 15 is 0 Å². The Labute approximate surface area is 139 Å². The molecule has 1 saturated heterocycles. The van der Waals surface area contributed by atoms with E-state index in [1.807, 2.05) is 13.8 Å². The van der Waals surface area contributed by atoms with Gasteiger partial charge < -0.3 is 10.2 Å². The molecule has 0 saturated carbocycles. The maximum absolute atomic E-state index is 13.0. The van der Waals surface area contributed by atoms with Crippen LogP contribution in [0, 0.1) is 12.8 Å². The number of halogens is 3. The van der Waals surface area contributed by atoms with Crippen LogP contribution in [-0.2, 0) is 15.8 Å². The van der Waals surface area contributed by atoms with Crippen LogP contribution < -0.4 is 5.32 Å². The second-order valence-corrected chi connectivity index (χ2v) is 6.40. The molecule has 132 valence electrons. The van der Waals surface area contributed by atoms with Crippen molar-refractivity contribution < 1.29 is 22.8 Å². The third kappa shape index (κ3) is 3.88. The largest absolute Gasteiger partial charge is 0.416 e. The standard InChI is InChI=1S/C17H21F3N2O2/c1-10(2)15(22-8-4-5-14(22)23)16(24)21-12-7-6-11(3)13(9-12)17(18,19)20/h6-7,9-10,15H,4-5,8H2,1-3H3,(H,21,24)/t15-/m0/s1. The van der Waals surface area contributed by atoms with Gasteiger partial charge in [-0.3, -0.25) is 9.59 Å². The van der Waals surface area contributed by atoms with Crippen molar-refractivity contribution in [3.05, 3.63) is 29.3 Å². The third-order valence-electron chi connectivity index (χ3n) is 4.16. The molecule has 4 nitrogen and oxygen atoms in total. The van der Waals surface area contributed by atoms with Crippen molar-refractivity contribution in [1.29, 1.82) is 0 Å². The summed E-state index contributed by atoms with van der Waals surface area (Å²) in [6.45, 7) is 5.49. The lowest BCUT2D eigenvalue weighted by Crippen LogP contribution is -2.48. The van der Waals surface area contributed by atoms with E-state index in [0.717, 1.165) is 6.07 Å². The Morgan fingerprint density at radius 2 is 1.96 bits per heavy atom. The molecule has 1 fully saturated rings.